The molecule has 162 valence electrons. The molecule has 1 fully saturated rings. The number of aryl methyl sites for hydroxylation is 1. The number of ketones is 1. The Bertz CT molecular complexity index is 1090. The van der Waals surface area contributed by atoms with Crippen LogP contribution in [-0.4, -0.2) is 40.0 Å². The Balaban J connectivity index is 1.62. The van der Waals surface area contributed by atoms with Crippen molar-refractivity contribution in [3.63, 3.8) is 0 Å². The van der Waals surface area contributed by atoms with Crippen molar-refractivity contribution in [2.45, 2.75) is 32.8 Å². The van der Waals surface area contributed by atoms with Crippen molar-refractivity contribution in [1.82, 2.24) is 9.97 Å². The number of carbonyl (C=O) groups is 2. The van der Waals surface area contributed by atoms with E-state index in [0.29, 0.717) is 45.9 Å². The van der Waals surface area contributed by atoms with Crippen LogP contribution in [0.5, 0.6) is 0 Å². The fourth-order valence-electron chi connectivity index (χ4n) is 3.60. The number of thiazole rings is 1. The largest absolute Gasteiger partial charge is 0.463 e. The third-order valence-electron chi connectivity index (χ3n) is 5.34. The molecule has 4 heterocycles. The summed E-state index contributed by atoms with van der Waals surface area (Å²) < 4.78 is 10.9. The maximum atomic E-state index is 12.8. The van der Waals surface area contributed by atoms with E-state index in [4.69, 9.17) is 9.15 Å². The first-order valence-corrected chi connectivity index (χ1v) is 10.8. The topological polar surface area (TPSA) is 115 Å². The fraction of sp³-hybridized carbons (Fsp3) is 0.364. The number of furan rings is 1. The molecule has 4 rings (SSSR count). The normalized spacial score (nSPS) is 15.6. The van der Waals surface area contributed by atoms with Crippen LogP contribution in [0.4, 0.5) is 5.13 Å². The number of anilines is 1. The highest BCUT2D eigenvalue weighted by Crippen LogP contribution is 2.41. The van der Waals surface area contributed by atoms with Crippen molar-refractivity contribution in [3.8, 4) is 11.5 Å². The molecule has 0 radical (unpaired) electrons. The summed E-state index contributed by atoms with van der Waals surface area (Å²) in [6, 6.07) is 5.04. The summed E-state index contributed by atoms with van der Waals surface area (Å²) in [7, 11) is 0. The number of carbonyl (C=O) groups excluding carboxylic acids is 2. The van der Waals surface area contributed by atoms with Gasteiger partial charge in [-0.15, -0.1) is 0 Å². The predicted octanol–water partition coefficient (Wildman–Crippen LogP) is 4.02. The summed E-state index contributed by atoms with van der Waals surface area (Å²) in [5.41, 5.74) is 1.74. The van der Waals surface area contributed by atoms with Gasteiger partial charge in [-0.3, -0.25) is 19.9 Å². The van der Waals surface area contributed by atoms with Gasteiger partial charge in [-0.2, -0.15) is 0 Å². The molecule has 1 unspecified atom stereocenters. The van der Waals surface area contributed by atoms with Crippen LogP contribution in [0.3, 0.4) is 0 Å². The predicted molar refractivity (Wildman–Crippen MR) is 115 cm³/mol. The van der Waals surface area contributed by atoms with Crippen molar-refractivity contribution >= 4 is 28.2 Å². The average molecular weight is 442 g/mol. The van der Waals surface area contributed by atoms with Crippen LogP contribution in [0.15, 0.2) is 35.1 Å². The van der Waals surface area contributed by atoms with Crippen LogP contribution in [-0.2, 0) is 4.74 Å². The zero-order chi connectivity index (χ0) is 22.0. The van der Waals surface area contributed by atoms with Gasteiger partial charge in [-0.1, -0.05) is 11.3 Å². The highest BCUT2D eigenvalue weighted by Gasteiger charge is 2.30. The lowest BCUT2D eigenvalue weighted by Crippen LogP contribution is -2.21. The van der Waals surface area contributed by atoms with Crippen LogP contribution in [0.2, 0.25) is 0 Å². The van der Waals surface area contributed by atoms with E-state index in [-0.39, 0.29) is 17.3 Å². The van der Waals surface area contributed by atoms with Gasteiger partial charge in [-0.05, 0) is 50.8 Å². The van der Waals surface area contributed by atoms with Gasteiger partial charge in [0.05, 0.1) is 22.8 Å². The van der Waals surface area contributed by atoms with E-state index in [9.17, 15) is 14.7 Å². The van der Waals surface area contributed by atoms with Crippen molar-refractivity contribution in [3.05, 3.63) is 52.4 Å². The first-order valence-electron chi connectivity index (χ1n) is 10.0. The minimum atomic E-state index is -0.738. The van der Waals surface area contributed by atoms with E-state index in [1.54, 1.807) is 25.3 Å². The summed E-state index contributed by atoms with van der Waals surface area (Å²) in [5, 5.41) is 14.1. The minimum absolute atomic E-state index is 0.0471. The molecular formula is C22H23N3O5S. The van der Waals surface area contributed by atoms with E-state index < -0.39 is 12.0 Å². The summed E-state index contributed by atoms with van der Waals surface area (Å²) in [4.78, 5) is 33.9. The Kier molecular flexibility index (Phi) is 6.26. The number of aromatic nitrogens is 2. The Morgan fingerprint density at radius 3 is 2.77 bits per heavy atom. The Morgan fingerprint density at radius 2 is 2.10 bits per heavy atom. The molecule has 1 atom stereocenters. The molecule has 31 heavy (non-hydrogen) atoms. The molecule has 0 bridgehead atoms. The molecular weight excluding hydrogens is 418 g/mol. The van der Waals surface area contributed by atoms with Gasteiger partial charge < -0.3 is 14.3 Å². The number of aliphatic hydroxyl groups excluding tert-OH is 1. The van der Waals surface area contributed by atoms with Gasteiger partial charge in [0.25, 0.3) is 5.91 Å². The molecule has 0 aromatic carbocycles. The Labute approximate surface area is 183 Å². The van der Waals surface area contributed by atoms with Crippen LogP contribution >= 0.6 is 11.3 Å². The van der Waals surface area contributed by atoms with Gasteiger partial charge in [-0.25, -0.2) is 4.98 Å². The second-order valence-corrected chi connectivity index (χ2v) is 8.50. The van der Waals surface area contributed by atoms with Crippen molar-refractivity contribution in [2.75, 3.05) is 18.5 Å². The number of aliphatic hydroxyl groups is 1. The van der Waals surface area contributed by atoms with E-state index in [1.165, 1.54) is 30.5 Å². The monoisotopic (exact) mass is 441 g/mol. The molecule has 3 aromatic heterocycles. The van der Waals surface area contributed by atoms with Gasteiger partial charge in [0.1, 0.15) is 5.69 Å². The number of hydrogen-bond acceptors (Lipinski definition) is 8. The van der Waals surface area contributed by atoms with Crippen molar-refractivity contribution in [1.29, 1.82) is 0 Å². The summed E-state index contributed by atoms with van der Waals surface area (Å²) in [5.74, 6) is -0.0164. The number of ether oxygens (including phenoxy) is 1. The molecule has 0 aliphatic carbocycles. The Morgan fingerprint density at radius 1 is 1.32 bits per heavy atom. The van der Waals surface area contributed by atoms with Crippen LogP contribution < -0.4 is 5.32 Å². The number of rotatable bonds is 6. The first kappa shape index (κ1) is 21.4. The molecule has 0 saturated carbocycles. The Hall–Kier alpha value is -2.88. The number of nitrogens with zero attached hydrogens (tertiary/aromatic N) is 2. The molecule has 3 aromatic rings. The quantitative estimate of drug-likeness (QED) is 0.555. The highest BCUT2D eigenvalue weighted by molar-refractivity contribution is 7.16. The molecule has 9 heteroatoms. The molecule has 1 aliphatic heterocycles. The second-order valence-electron chi connectivity index (χ2n) is 7.47. The van der Waals surface area contributed by atoms with E-state index in [0.717, 1.165) is 12.8 Å². The number of pyridine rings is 1. The maximum absolute atomic E-state index is 12.8. The highest BCUT2D eigenvalue weighted by atomic mass is 32.1. The summed E-state index contributed by atoms with van der Waals surface area (Å²) in [6.07, 6.45) is 3.73. The molecule has 1 saturated heterocycles. The lowest BCUT2D eigenvalue weighted by molar-refractivity contribution is 0.00862. The van der Waals surface area contributed by atoms with E-state index in [1.807, 2.05) is 0 Å². The SMILES string of the molecule is CC(=O)c1cc(C(=O)Nc2nc(-c3ccco3)c(C(O)C3CCOCC3)s2)cnc1C. The molecule has 8 nitrogen and oxygen atoms in total. The van der Waals surface area contributed by atoms with Crippen LogP contribution in [0, 0.1) is 12.8 Å². The molecule has 2 N–H and O–H groups in total. The van der Waals surface area contributed by atoms with Crippen LogP contribution in [0.25, 0.3) is 11.5 Å². The average Bonchev–Trinajstić information content (AvgIpc) is 3.44. The van der Waals surface area contributed by atoms with Gasteiger partial charge in [0.15, 0.2) is 16.7 Å². The third-order valence-corrected chi connectivity index (χ3v) is 6.38. The third kappa shape index (κ3) is 4.58. The van der Waals surface area contributed by atoms with E-state index >= 15 is 0 Å². The number of Topliss-reactive ketones (excluding diaryl/α,β-unsaturated/α-hetero) is 1. The summed E-state index contributed by atoms with van der Waals surface area (Å²) >= 11 is 1.21. The zero-order valence-electron chi connectivity index (χ0n) is 17.3. The van der Waals surface area contributed by atoms with Crippen molar-refractivity contribution < 1.29 is 23.8 Å². The van der Waals surface area contributed by atoms with Crippen molar-refractivity contribution in [2.24, 2.45) is 5.92 Å². The first-order chi connectivity index (χ1) is 14.9. The number of hydrogen-bond donors (Lipinski definition) is 2. The number of amides is 1. The molecule has 0 spiro atoms. The standard InChI is InChI=1S/C22H23N3O5S/c1-12-16(13(2)26)10-15(11-23-12)21(28)25-22-24-18(17-4-3-7-30-17)20(31-22)19(27)14-5-8-29-9-6-14/h3-4,7,10-11,14,19,27H,5-6,8-9H2,1-2H3,(H,24,25,28). The maximum Gasteiger partial charge on any atom is 0.259 e. The second kappa shape index (κ2) is 9.09. The summed E-state index contributed by atoms with van der Waals surface area (Å²) in [6.45, 7) is 4.38. The zero-order valence-corrected chi connectivity index (χ0v) is 18.1. The lowest BCUT2D eigenvalue weighted by Gasteiger charge is -2.26. The van der Waals surface area contributed by atoms with Gasteiger partial charge in [0.2, 0.25) is 0 Å². The van der Waals surface area contributed by atoms with E-state index in [2.05, 4.69) is 15.3 Å². The van der Waals surface area contributed by atoms with Gasteiger partial charge >= 0.3 is 0 Å². The van der Waals surface area contributed by atoms with Gasteiger partial charge in [0, 0.05) is 30.7 Å². The fourth-order valence-corrected chi connectivity index (χ4v) is 4.65. The number of nitrogens with one attached hydrogen (secondary N) is 1. The lowest BCUT2D eigenvalue weighted by atomic mass is 9.92. The molecule has 1 aliphatic rings. The smallest absolute Gasteiger partial charge is 0.259 e. The molecule has 1 amide bonds. The minimum Gasteiger partial charge on any atom is -0.463 e. The van der Waals surface area contributed by atoms with Crippen LogP contribution in [0.1, 0.15) is 57.2 Å².